The second-order valence-electron chi connectivity index (χ2n) is 5.00. The fourth-order valence-corrected chi connectivity index (χ4v) is 2.92. The van der Waals surface area contributed by atoms with Crippen LogP contribution >= 0.6 is 11.6 Å². The predicted octanol–water partition coefficient (Wildman–Crippen LogP) is 4.05. The number of hydrogen-bond acceptors (Lipinski definition) is 4. The van der Waals surface area contributed by atoms with Crippen molar-refractivity contribution in [1.29, 1.82) is 0 Å². The van der Waals surface area contributed by atoms with E-state index in [1.54, 1.807) is 18.2 Å². The highest BCUT2D eigenvalue weighted by Gasteiger charge is 2.25. The number of halogens is 1. The summed E-state index contributed by atoms with van der Waals surface area (Å²) in [4.78, 5) is 10.4. The van der Waals surface area contributed by atoms with E-state index >= 15 is 0 Å². The molecule has 108 valence electrons. The quantitative estimate of drug-likeness (QED) is 0.662. The van der Waals surface area contributed by atoms with Gasteiger partial charge in [0.2, 0.25) is 0 Å². The number of benzene rings is 2. The zero-order chi connectivity index (χ0) is 15.0. The van der Waals surface area contributed by atoms with Crippen molar-refractivity contribution in [1.82, 2.24) is 0 Å². The monoisotopic (exact) mass is 304 g/mol. The van der Waals surface area contributed by atoms with Crippen LogP contribution in [0.25, 0.3) is 0 Å². The fraction of sp³-hybridized carbons (Fsp3) is 0.200. The summed E-state index contributed by atoms with van der Waals surface area (Å²) in [5.74, 6) is 0.305. The molecule has 0 aliphatic heterocycles. The molecule has 1 atom stereocenters. The van der Waals surface area contributed by atoms with Crippen molar-refractivity contribution in [3.8, 4) is 5.75 Å². The number of nitrogens with one attached hydrogen (secondary N) is 1. The highest BCUT2D eigenvalue weighted by Crippen LogP contribution is 2.39. The molecular formula is C15H13ClN2O3. The summed E-state index contributed by atoms with van der Waals surface area (Å²) in [5.41, 5.74) is 2.51. The van der Waals surface area contributed by atoms with Crippen molar-refractivity contribution >= 4 is 23.0 Å². The molecule has 2 aromatic rings. The zero-order valence-electron chi connectivity index (χ0n) is 11.0. The molecule has 0 saturated carbocycles. The largest absolute Gasteiger partial charge is 0.508 e. The Hall–Kier alpha value is -2.27. The molecule has 1 unspecified atom stereocenters. The average Bonchev–Trinajstić information content (AvgIpc) is 2.85. The lowest BCUT2D eigenvalue weighted by molar-refractivity contribution is -0.384. The van der Waals surface area contributed by atoms with Gasteiger partial charge in [0.15, 0.2) is 0 Å². The predicted molar refractivity (Wildman–Crippen MR) is 80.9 cm³/mol. The zero-order valence-corrected chi connectivity index (χ0v) is 11.8. The van der Waals surface area contributed by atoms with Crippen LogP contribution in [0.4, 0.5) is 11.4 Å². The Morgan fingerprint density at radius 3 is 2.90 bits per heavy atom. The molecule has 0 bridgehead atoms. The topological polar surface area (TPSA) is 75.4 Å². The molecule has 0 saturated heterocycles. The van der Waals surface area contributed by atoms with Gasteiger partial charge in [0, 0.05) is 11.8 Å². The number of nitro benzene ring substituents is 1. The van der Waals surface area contributed by atoms with Gasteiger partial charge in [-0.25, -0.2) is 0 Å². The van der Waals surface area contributed by atoms with E-state index in [1.165, 1.54) is 12.1 Å². The third kappa shape index (κ3) is 2.52. The van der Waals surface area contributed by atoms with E-state index in [-0.39, 0.29) is 16.8 Å². The van der Waals surface area contributed by atoms with Crippen LogP contribution in [0.1, 0.15) is 23.6 Å². The first-order chi connectivity index (χ1) is 10.1. The first-order valence-electron chi connectivity index (χ1n) is 6.57. The minimum atomic E-state index is -0.498. The third-order valence-electron chi connectivity index (χ3n) is 3.73. The molecule has 0 fully saturated rings. The number of anilines is 1. The van der Waals surface area contributed by atoms with Crippen molar-refractivity contribution < 1.29 is 10.0 Å². The van der Waals surface area contributed by atoms with Gasteiger partial charge in [-0.05, 0) is 42.2 Å². The van der Waals surface area contributed by atoms with Crippen LogP contribution in [-0.2, 0) is 6.42 Å². The van der Waals surface area contributed by atoms with E-state index in [9.17, 15) is 15.2 Å². The number of aromatic hydroxyl groups is 1. The standard InChI is InChI=1S/C15H13ClN2O3/c16-12-6-4-9(8-14(12)18(20)21)17-13-7-5-11-10(13)2-1-3-15(11)19/h1-4,6,8,13,17,19H,5,7H2. The van der Waals surface area contributed by atoms with Crippen LogP contribution in [0.15, 0.2) is 36.4 Å². The number of nitro groups is 1. The van der Waals surface area contributed by atoms with Crippen molar-refractivity contribution in [3.63, 3.8) is 0 Å². The summed E-state index contributed by atoms with van der Waals surface area (Å²) in [6, 6.07) is 10.1. The van der Waals surface area contributed by atoms with E-state index < -0.39 is 4.92 Å². The highest BCUT2D eigenvalue weighted by molar-refractivity contribution is 6.32. The van der Waals surface area contributed by atoms with Crippen LogP contribution in [0.5, 0.6) is 5.75 Å². The Morgan fingerprint density at radius 1 is 1.33 bits per heavy atom. The molecule has 1 aliphatic rings. The summed E-state index contributed by atoms with van der Waals surface area (Å²) < 4.78 is 0. The lowest BCUT2D eigenvalue weighted by atomic mass is 10.1. The average molecular weight is 305 g/mol. The molecule has 0 spiro atoms. The summed E-state index contributed by atoms with van der Waals surface area (Å²) in [6.45, 7) is 0. The molecule has 1 aliphatic carbocycles. The normalized spacial score (nSPS) is 16.5. The fourth-order valence-electron chi connectivity index (χ4n) is 2.73. The molecule has 0 amide bonds. The Labute approximate surface area is 126 Å². The van der Waals surface area contributed by atoms with Crippen LogP contribution in [0, 0.1) is 10.1 Å². The van der Waals surface area contributed by atoms with Gasteiger partial charge >= 0.3 is 0 Å². The van der Waals surface area contributed by atoms with Gasteiger partial charge in [0.05, 0.1) is 11.0 Å². The van der Waals surface area contributed by atoms with Gasteiger partial charge in [-0.1, -0.05) is 23.7 Å². The van der Waals surface area contributed by atoms with Crippen LogP contribution in [0.2, 0.25) is 5.02 Å². The molecule has 5 nitrogen and oxygen atoms in total. The van der Waals surface area contributed by atoms with Crippen LogP contribution in [0.3, 0.4) is 0 Å². The minimum absolute atomic E-state index is 0.0351. The van der Waals surface area contributed by atoms with Gasteiger partial charge in [0.25, 0.3) is 5.69 Å². The van der Waals surface area contributed by atoms with Crippen molar-refractivity contribution in [3.05, 3.63) is 62.7 Å². The molecule has 3 rings (SSSR count). The number of fused-ring (bicyclic) bond motifs is 1. The summed E-state index contributed by atoms with van der Waals surface area (Å²) >= 11 is 5.81. The number of phenols is 1. The van der Waals surface area contributed by atoms with Gasteiger partial charge in [-0.2, -0.15) is 0 Å². The molecular weight excluding hydrogens is 292 g/mol. The molecule has 2 N–H and O–H groups in total. The number of phenolic OH excluding ortho intramolecular Hbond substituents is 1. The summed E-state index contributed by atoms with van der Waals surface area (Å²) in [6.07, 6.45) is 1.62. The van der Waals surface area contributed by atoms with Crippen molar-refractivity contribution in [2.75, 3.05) is 5.32 Å². The maximum absolute atomic E-state index is 10.9. The Bertz CT molecular complexity index is 718. The molecule has 0 heterocycles. The van der Waals surface area contributed by atoms with E-state index in [0.29, 0.717) is 11.4 Å². The highest BCUT2D eigenvalue weighted by atomic mass is 35.5. The van der Waals surface area contributed by atoms with E-state index in [2.05, 4.69) is 5.32 Å². The van der Waals surface area contributed by atoms with Crippen LogP contribution in [-0.4, -0.2) is 10.0 Å². The number of hydrogen-bond donors (Lipinski definition) is 2. The smallest absolute Gasteiger partial charge is 0.289 e. The van der Waals surface area contributed by atoms with Gasteiger partial charge in [-0.3, -0.25) is 10.1 Å². The lowest BCUT2D eigenvalue weighted by Gasteiger charge is -2.15. The van der Waals surface area contributed by atoms with Crippen LogP contribution < -0.4 is 5.32 Å². The molecule has 21 heavy (non-hydrogen) atoms. The maximum Gasteiger partial charge on any atom is 0.289 e. The first kappa shape index (κ1) is 13.7. The number of nitrogens with zero attached hydrogens (tertiary/aromatic N) is 1. The van der Waals surface area contributed by atoms with E-state index in [4.69, 9.17) is 11.6 Å². The van der Waals surface area contributed by atoms with E-state index in [1.807, 2.05) is 6.07 Å². The second-order valence-corrected chi connectivity index (χ2v) is 5.41. The Morgan fingerprint density at radius 2 is 2.14 bits per heavy atom. The first-order valence-corrected chi connectivity index (χ1v) is 6.95. The van der Waals surface area contributed by atoms with Gasteiger partial charge in [-0.15, -0.1) is 0 Å². The van der Waals surface area contributed by atoms with Gasteiger partial charge < -0.3 is 10.4 Å². The van der Waals surface area contributed by atoms with Crippen molar-refractivity contribution in [2.45, 2.75) is 18.9 Å². The van der Waals surface area contributed by atoms with Gasteiger partial charge in [0.1, 0.15) is 10.8 Å². The lowest BCUT2D eigenvalue weighted by Crippen LogP contribution is -2.07. The molecule has 0 aromatic heterocycles. The third-order valence-corrected chi connectivity index (χ3v) is 4.05. The molecule has 6 heteroatoms. The summed E-state index contributed by atoms with van der Waals surface area (Å²) in [5, 5.41) is 24.1. The minimum Gasteiger partial charge on any atom is -0.508 e. The second kappa shape index (κ2) is 5.26. The Kier molecular flexibility index (Phi) is 3.43. The van der Waals surface area contributed by atoms with E-state index in [0.717, 1.165) is 24.0 Å². The maximum atomic E-state index is 10.9. The van der Waals surface area contributed by atoms with Crippen molar-refractivity contribution in [2.24, 2.45) is 0 Å². The molecule has 0 radical (unpaired) electrons. The summed E-state index contributed by atoms with van der Waals surface area (Å²) in [7, 11) is 0. The molecule has 2 aromatic carbocycles. The Balaban J connectivity index is 1.88. The number of rotatable bonds is 3. The SMILES string of the molecule is O=[N+]([O-])c1cc(NC2CCc3c(O)cccc32)ccc1Cl.